The predicted molar refractivity (Wildman–Crippen MR) is 159 cm³/mol. The molecule has 0 aliphatic heterocycles. The first-order valence-electron chi connectivity index (χ1n) is 13.2. The Balaban J connectivity index is 1.96. The van der Waals surface area contributed by atoms with Gasteiger partial charge in [0.15, 0.2) is 6.04 Å². The molecule has 3 N–H and O–H groups in total. The summed E-state index contributed by atoms with van der Waals surface area (Å²) in [4.78, 5) is 39.3. The van der Waals surface area contributed by atoms with Crippen LogP contribution in [0.25, 0.3) is 11.1 Å². The summed E-state index contributed by atoms with van der Waals surface area (Å²) in [6.07, 6.45) is -0.674. The van der Waals surface area contributed by atoms with Gasteiger partial charge in [0.25, 0.3) is 5.91 Å². The number of carbonyl (C=O) groups excluding carboxylic acids is 3. The number of hydrogen-bond acceptors (Lipinski definition) is 5. The molecule has 8 heteroatoms. The van der Waals surface area contributed by atoms with Crippen molar-refractivity contribution in [2.75, 3.05) is 17.7 Å². The maximum atomic E-state index is 13.6. The van der Waals surface area contributed by atoms with Gasteiger partial charge in [-0.3, -0.25) is 4.79 Å². The first-order chi connectivity index (χ1) is 18.8. The van der Waals surface area contributed by atoms with E-state index >= 15 is 0 Å². The summed E-state index contributed by atoms with van der Waals surface area (Å²) in [5.41, 5.74) is 5.30. The highest BCUT2D eigenvalue weighted by Gasteiger charge is 2.32. The van der Waals surface area contributed by atoms with Crippen LogP contribution in [0.1, 0.15) is 54.7 Å². The predicted octanol–water partition coefficient (Wildman–Crippen LogP) is 6.40. The van der Waals surface area contributed by atoms with Crippen molar-refractivity contribution >= 4 is 29.3 Å². The van der Waals surface area contributed by atoms with Gasteiger partial charge >= 0.3 is 12.0 Å². The van der Waals surface area contributed by atoms with E-state index in [0.29, 0.717) is 5.69 Å². The minimum atomic E-state index is -1.06. The Morgan fingerprint density at radius 3 is 2.02 bits per heavy atom. The third-order valence-corrected chi connectivity index (χ3v) is 6.29. The molecular formula is C32H39N3O5. The molecule has 3 aromatic rings. The summed E-state index contributed by atoms with van der Waals surface area (Å²) in [6, 6.07) is 17.2. The molecule has 0 bridgehead atoms. The van der Waals surface area contributed by atoms with Crippen LogP contribution in [0.15, 0.2) is 60.7 Å². The molecule has 3 aromatic carbocycles. The monoisotopic (exact) mass is 545 g/mol. The maximum absolute atomic E-state index is 13.6. The average molecular weight is 546 g/mol. The van der Waals surface area contributed by atoms with Gasteiger partial charge in [-0.1, -0.05) is 54.1 Å². The number of carbonyl (C=O) groups is 3. The van der Waals surface area contributed by atoms with Crippen molar-refractivity contribution in [3.8, 4) is 11.1 Å². The van der Waals surface area contributed by atoms with Crippen LogP contribution in [-0.2, 0) is 14.3 Å². The fourth-order valence-electron chi connectivity index (χ4n) is 4.64. The summed E-state index contributed by atoms with van der Waals surface area (Å²) in [5, 5.41) is 8.50. The van der Waals surface area contributed by atoms with E-state index in [-0.39, 0.29) is 11.3 Å². The minimum Gasteiger partial charge on any atom is -0.467 e. The standard InChI is InChI=1S/C32H39N3O5/c1-19-16-20(2)27(21(3)17-19)35-31(38)33-26-18-24(23-12-10-9-11-13-23)14-15-25(26)29(36)34-28(30(37)39-8)22(4)40-32(5,6)7/h9-18,22,28H,1-8H3,(H,34,36)(H2,33,35,38)/t22-,28+/m1/s1. The number of ether oxygens (including phenoxy) is 2. The van der Waals surface area contributed by atoms with Crippen LogP contribution < -0.4 is 16.0 Å². The second-order valence-corrected chi connectivity index (χ2v) is 10.9. The lowest BCUT2D eigenvalue weighted by atomic mass is 10.0. The SMILES string of the molecule is COC(=O)[C@@H](NC(=O)c1ccc(-c2ccccc2)cc1NC(=O)Nc1c(C)cc(C)cc1C)[C@@H](C)OC(C)(C)C. The van der Waals surface area contributed by atoms with Crippen molar-refractivity contribution in [2.45, 2.75) is 66.2 Å². The van der Waals surface area contributed by atoms with Crippen molar-refractivity contribution in [1.29, 1.82) is 0 Å². The number of methoxy groups -OCH3 is 1. The summed E-state index contributed by atoms with van der Waals surface area (Å²) >= 11 is 0. The lowest BCUT2D eigenvalue weighted by molar-refractivity contribution is -0.150. The van der Waals surface area contributed by atoms with E-state index in [9.17, 15) is 14.4 Å². The molecule has 0 saturated carbocycles. The Morgan fingerprint density at radius 2 is 1.45 bits per heavy atom. The number of esters is 1. The molecule has 0 heterocycles. The Morgan fingerprint density at radius 1 is 0.825 bits per heavy atom. The lowest BCUT2D eigenvalue weighted by Gasteiger charge is -2.30. The van der Waals surface area contributed by atoms with E-state index in [2.05, 4.69) is 16.0 Å². The van der Waals surface area contributed by atoms with Gasteiger partial charge in [0.05, 0.1) is 30.1 Å². The molecule has 0 aromatic heterocycles. The maximum Gasteiger partial charge on any atom is 0.331 e. The van der Waals surface area contributed by atoms with Crippen LogP contribution in [0.4, 0.5) is 16.2 Å². The Labute approximate surface area is 236 Å². The van der Waals surface area contributed by atoms with Gasteiger partial charge in [0, 0.05) is 5.69 Å². The first kappa shape index (κ1) is 30.4. The zero-order valence-electron chi connectivity index (χ0n) is 24.5. The zero-order valence-corrected chi connectivity index (χ0v) is 24.5. The molecule has 8 nitrogen and oxygen atoms in total. The van der Waals surface area contributed by atoms with Gasteiger partial charge in [-0.15, -0.1) is 0 Å². The highest BCUT2D eigenvalue weighted by atomic mass is 16.5. The average Bonchev–Trinajstić information content (AvgIpc) is 2.88. The number of rotatable bonds is 8. The third kappa shape index (κ3) is 7.93. The normalized spacial score (nSPS) is 12.7. The third-order valence-electron chi connectivity index (χ3n) is 6.29. The van der Waals surface area contributed by atoms with E-state index in [0.717, 1.165) is 27.8 Å². The molecule has 0 saturated heterocycles. The van der Waals surface area contributed by atoms with Gasteiger partial charge < -0.3 is 25.4 Å². The van der Waals surface area contributed by atoms with Crippen molar-refractivity contribution in [3.05, 3.63) is 82.9 Å². The fourth-order valence-corrected chi connectivity index (χ4v) is 4.64. The van der Waals surface area contributed by atoms with E-state index in [1.165, 1.54) is 7.11 Å². The van der Waals surface area contributed by atoms with Gasteiger partial charge in [0.2, 0.25) is 0 Å². The van der Waals surface area contributed by atoms with Crippen LogP contribution >= 0.6 is 0 Å². The molecule has 0 radical (unpaired) electrons. The second kappa shape index (κ2) is 12.8. The summed E-state index contributed by atoms with van der Waals surface area (Å²) in [6.45, 7) is 13.1. The molecule has 0 aliphatic rings. The molecule has 40 heavy (non-hydrogen) atoms. The summed E-state index contributed by atoms with van der Waals surface area (Å²) in [5.74, 6) is -1.19. The van der Waals surface area contributed by atoms with E-state index in [1.54, 1.807) is 25.1 Å². The van der Waals surface area contributed by atoms with Gasteiger partial charge in [-0.2, -0.15) is 0 Å². The minimum absolute atomic E-state index is 0.184. The molecule has 0 spiro atoms. The van der Waals surface area contributed by atoms with Gasteiger partial charge in [-0.25, -0.2) is 9.59 Å². The number of anilines is 2. The number of hydrogen-bond donors (Lipinski definition) is 3. The Hall–Kier alpha value is -4.17. The van der Waals surface area contributed by atoms with Crippen LogP contribution in [0.2, 0.25) is 0 Å². The molecular weight excluding hydrogens is 506 g/mol. The fraction of sp³-hybridized carbons (Fsp3) is 0.344. The summed E-state index contributed by atoms with van der Waals surface area (Å²) in [7, 11) is 1.26. The van der Waals surface area contributed by atoms with Gasteiger partial charge in [0.1, 0.15) is 0 Å². The molecule has 212 valence electrons. The number of benzene rings is 3. The number of nitrogens with one attached hydrogen (secondary N) is 3. The molecule has 3 amide bonds. The lowest BCUT2D eigenvalue weighted by Crippen LogP contribution is -2.51. The Kier molecular flexibility index (Phi) is 9.71. The number of aryl methyl sites for hydroxylation is 3. The van der Waals surface area contributed by atoms with Gasteiger partial charge in [-0.05, 0) is 82.9 Å². The highest BCUT2D eigenvalue weighted by molar-refractivity contribution is 6.08. The van der Waals surface area contributed by atoms with Crippen molar-refractivity contribution in [1.82, 2.24) is 5.32 Å². The van der Waals surface area contributed by atoms with Crippen molar-refractivity contribution in [2.24, 2.45) is 0 Å². The number of amides is 3. The Bertz CT molecular complexity index is 1360. The molecule has 2 atom stereocenters. The second-order valence-electron chi connectivity index (χ2n) is 10.9. The zero-order chi connectivity index (χ0) is 29.6. The quantitative estimate of drug-likeness (QED) is 0.284. The number of urea groups is 1. The van der Waals surface area contributed by atoms with Crippen LogP contribution in [0, 0.1) is 20.8 Å². The largest absolute Gasteiger partial charge is 0.467 e. The highest BCUT2D eigenvalue weighted by Crippen LogP contribution is 2.27. The topological polar surface area (TPSA) is 106 Å². The van der Waals surface area contributed by atoms with E-state index in [1.807, 2.05) is 84.0 Å². The van der Waals surface area contributed by atoms with Crippen LogP contribution in [-0.4, -0.2) is 42.8 Å². The van der Waals surface area contributed by atoms with Crippen LogP contribution in [0.5, 0.6) is 0 Å². The molecule has 3 rings (SSSR count). The van der Waals surface area contributed by atoms with Crippen molar-refractivity contribution < 1.29 is 23.9 Å². The van der Waals surface area contributed by atoms with E-state index < -0.39 is 35.7 Å². The van der Waals surface area contributed by atoms with Crippen molar-refractivity contribution in [3.63, 3.8) is 0 Å². The molecule has 0 aliphatic carbocycles. The summed E-state index contributed by atoms with van der Waals surface area (Å²) < 4.78 is 10.9. The first-order valence-corrected chi connectivity index (χ1v) is 13.2. The smallest absolute Gasteiger partial charge is 0.331 e. The molecule has 0 unspecified atom stereocenters. The molecule has 0 fully saturated rings. The van der Waals surface area contributed by atoms with E-state index in [4.69, 9.17) is 9.47 Å². The van der Waals surface area contributed by atoms with Crippen LogP contribution in [0.3, 0.4) is 0 Å².